The lowest BCUT2D eigenvalue weighted by Gasteiger charge is -2.32. The Balaban J connectivity index is 1.57. The summed E-state index contributed by atoms with van der Waals surface area (Å²) in [6.45, 7) is 0.310. The molecule has 10 heteroatoms. The Kier molecular flexibility index (Phi) is 7.36. The highest BCUT2D eigenvalue weighted by molar-refractivity contribution is 7.89. The predicted octanol–water partition coefficient (Wildman–Crippen LogP) is 3.15. The molecular formula is C20H21Cl2N3O4S. The van der Waals surface area contributed by atoms with Crippen molar-refractivity contribution >= 4 is 50.7 Å². The molecule has 1 atom stereocenters. The number of piperidine rings is 1. The van der Waals surface area contributed by atoms with Gasteiger partial charge in [0.15, 0.2) is 0 Å². The summed E-state index contributed by atoms with van der Waals surface area (Å²) >= 11 is 11.7. The molecule has 0 bridgehead atoms. The van der Waals surface area contributed by atoms with Crippen LogP contribution in [0.1, 0.15) is 12.8 Å². The van der Waals surface area contributed by atoms with Gasteiger partial charge in [-0.25, -0.2) is 13.1 Å². The summed E-state index contributed by atoms with van der Waals surface area (Å²) in [6, 6.07) is 13.0. The highest BCUT2D eigenvalue weighted by atomic mass is 35.5. The minimum absolute atomic E-state index is 0.0801. The van der Waals surface area contributed by atoms with E-state index in [1.807, 2.05) is 18.2 Å². The molecule has 0 saturated carbocycles. The van der Waals surface area contributed by atoms with Crippen LogP contribution in [0.2, 0.25) is 10.0 Å². The van der Waals surface area contributed by atoms with E-state index >= 15 is 0 Å². The molecule has 0 aliphatic carbocycles. The molecule has 30 heavy (non-hydrogen) atoms. The number of nitrogens with one attached hydrogen (secondary N) is 2. The number of hydrogen-bond acceptors (Lipinski definition) is 4. The zero-order chi connectivity index (χ0) is 21.7. The van der Waals surface area contributed by atoms with Crippen LogP contribution in [-0.4, -0.2) is 44.8 Å². The fourth-order valence-corrected chi connectivity index (χ4v) is 4.54. The molecule has 1 fully saturated rings. The van der Waals surface area contributed by atoms with Gasteiger partial charge in [0.25, 0.3) is 0 Å². The topological polar surface area (TPSA) is 95.6 Å². The lowest BCUT2D eigenvalue weighted by Crippen LogP contribution is -2.47. The molecule has 1 aliphatic rings. The first kappa shape index (κ1) is 22.6. The third-order valence-electron chi connectivity index (χ3n) is 4.80. The van der Waals surface area contributed by atoms with Crippen molar-refractivity contribution in [1.29, 1.82) is 0 Å². The Labute approximate surface area is 185 Å². The molecule has 3 rings (SSSR count). The summed E-state index contributed by atoms with van der Waals surface area (Å²) in [4.78, 5) is 26.5. The zero-order valence-electron chi connectivity index (χ0n) is 16.0. The molecule has 1 saturated heterocycles. The van der Waals surface area contributed by atoms with Crippen molar-refractivity contribution in [3.63, 3.8) is 0 Å². The molecule has 160 valence electrons. The molecule has 0 radical (unpaired) electrons. The summed E-state index contributed by atoms with van der Waals surface area (Å²) in [6.07, 6.45) is 1.33. The molecule has 2 N–H and O–H groups in total. The van der Waals surface area contributed by atoms with Gasteiger partial charge in [0.1, 0.15) is 0 Å². The summed E-state index contributed by atoms with van der Waals surface area (Å²) in [5.74, 6) is -0.902. The molecule has 2 amide bonds. The van der Waals surface area contributed by atoms with E-state index in [1.54, 1.807) is 12.1 Å². The van der Waals surface area contributed by atoms with Crippen LogP contribution in [0.25, 0.3) is 0 Å². The van der Waals surface area contributed by atoms with Crippen LogP contribution in [0.5, 0.6) is 0 Å². The number of para-hydroxylation sites is 1. The standard InChI is InChI=1S/C20H21Cl2N3O4S/c21-17-9-8-16(11-18(17)22)30(28,29)23-12-19(26)25-10-4-5-14(13-25)20(27)24-15-6-2-1-3-7-15/h1-3,6-9,11,14,23H,4-5,10,12-13H2,(H,24,27)/t14-/m0/s1. The number of anilines is 1. The average molecular weight is 470 g/mol. The fourth-order valence-electron chi connectivity index (χ4n) is 3.18. The van der Waals surface area contributed by atoms with Gasteiger partial charge >= 0.3 is 0 Å². The van der Waals surface area contributed by atoms with Crippen molar-refractivity contribution in [3.05, 3.63) is 58.6 Å². The lowest BCUT2D eigenvalue weighted by molar-refractivity contribution is -0.133. The zero-order valence-corrected chi connectivity index (χ0v) is 18.3. The minimum Gasteiger partial charge on any atom is -0.341 e. The van der Waals surface area contributed by atoms with Crippen LogP contribution in [0.4, 0.5) is 5.69 Å². The third-order valence-corrected chi connectivity index (χ3v) is 6.94. The number of benzene rings is 2. The predicted molar refractivity (Wildman–Crippen MR) is 116 cm³/mol. The van der Waals surface area contributed by atoms with Crippen molar-refractivity contribution in [2.45, 2.75) is 17.7 Å². The van der Waals surface area contributed by atoms with Crippen LogP contribution in [0, 0.1) is 5.92 Å². The summed E-state index contributed by atoms with van der Waals surface area (Å²) < 4.78 is 27.1. The third kappa shape index (κ3) is 5.72. The second-order valence-corrected chi connectivity index (χ2v) is 9.52. The first-order chi connectivity index (χ1) is 14.3. The van der Waals surface area contributed by atoms with Gasteiger partial charge in [-0.2, -0.15) is 0 Å². The Bertz CT molecular complexity index is 1030. The minimum atomic E-state index is -3.92. The van der Waals surface area contributed by atoms with E-state index in [0.717, 1.165) is 0 Å². The maximum absolute atomic E-state index is 12.5. The molecule has 7 nitrogen and oxygen atoms in total. The lowest BCUT2D eigenvalue weighted by atomic mass is 9.97. The average Bonchev–Trinajstić information content (AvgIpc) is 2.74. The maximum atomic E-state index is 12.5. The largest absolute Gasteiger partial charge is 0.341 e. The number of carbonyl (C=O) groups is 2. The normalized spacial score (nSPS) is 16.9. The molecule has 1 aliphatic heterocycles. The molecule has 2 aromatic carbocycles. The molecule has 0 aromatic heterocycles. The van der Waals surface area contributed by atoms with E-state index in [4.69, 9.17) is 23.2 Å². The number of sulfonamides is 1. The Hall–Kier alpha value is -2.13. The van der Waals surface area contributed by atoms with Gasteiger partial charge in [0, 0.05) is 18.8 Å². The Morgan fingerprint density at radius 1 is 1.07 bits per heavy atom. The molecule has 1 heterocycles. The Morgan fingerprint density at radius 3 is 2.50 bits per heavy atom. The van der Waals surface area contributed by atoms with E-state index in [1.165, 1.54) is 23.1 Å². The smallest absolute Gasteiger partial charge is 0.241 e. The van der Waals surface area contributed by atoms with Gasteiger partial charge in [-0.1, -0.05) is 41.4 Å². The van der Waals surface area contributed by atoms with Gasteiger partial charge in [-0.05, 0) is 43.2 Å². The van der Waals surface area contributed by atoms with Gasteiger partial charge in [0.2, 0.25) is 21.8 Å². The Morgan fingerprint density at radius 2 is 1.80 bits per heavy atom. The van der Waals surface area contributed by atoms with Gasteiger partial charge in [-0.3, -0.25) is 9.59 Å². The van der Waals surface area contributed by atoms with Crippen molar-refractivity contribution in [2.24, 2.45) is 5.92 Å². The number of amides is 2. The summed E-state index contributed by atoms with van der Waals surface area (Å²) in [5.41, 5.74) is 0.695. The number of nitrogens with zero attached hydrogens (tertiary/aromatic N) is 1. The monoisotopic (exact) mass is 469 g/mol. The van der Waals surface area contributed by atoms with E-state index in [9.17, 15) is 18.0 Å². The quantitative estimate of drug-likeness (QED) is 0.678. The van der Waals surface area contributed by atoms with E-state index in [0.29, 0.717) is 25.1 Å². The molecule has 2 aromatic rings. The fraction of sp³-hybridized carbons (Fsp3) is 0.300. The molecule has 0 unspecified atom stereocenters. The first-order valence-corrected chi connectivity index (χ1v) is 11.6. The number of hydrogen-bond donors (Lipinski definition) is 2. The van der Waals surface area contributed by atoms with Crippen molar-refractivity contribution < 1.29 is 18.0 Å². The molecular weight excluding hydrogens is 449 g/mol. The van der Waals surface area contributed by atoms with Gasteiger partial charge in [0.05, 0.1) is 27.4 Å². The summed E-state index contributed by atoms with van der Waals surface area (Å²) in [7, 11) is -3.92. The number of carbonyl (C=O) groups excluding carboxylic acids is 2. The highest BCUT2D eigenvalue weighted by Gasteiger charge is 2.29. The number of likely N-dealkylation sites (tertiary alicyclic amines) is 1. The second-order valence-electron chi connectivity index (χ2n) is 6.93. The second kappa shape index (κ2) is 9.78. The van der Waals surface area contributed by atoms with Crippen molar-refractivity contribution in [2.75, 3.05) is 25.0 Å². The van der Waals surface area contributed by atoms with Crippen LogP contribution in [-0.2, 0) is 19.6 Å². The van der Waals surface area contributed by atoms with E-state index in [2.05, 4.69) is 10.0 Å². The van der Waals surface area contributed by atoms with Crippen molar-refractivity contribution in [1.82, 2.24) is 9.62 Å². The van der Waals surface area contributed by atoms with Crippen LogP contribution in [0.15, 0.2) is 53.4 Å². The van der Waals surface area contributed by atoms with Crippen LogP contribution in [0.3, 0.4) is 0 Å². The SMILES string of the molecule is O=C(Nc1ccccc1)[C@H]1CCCN(C(=O)CNS(=O)(=O)c2ccc(Cl)c(Cl)c2)C1. The van der Waals surface area contributed by atoms with Gasteiger partial charge in [-0.15, -0.1) is 0 Å². The van der Waals surface area contributed by atoms with Crippen molar-refractivity contribution in [3.8, 4) is 0 Å². The number of rotatable bonds is 6. The van der Waals surface area contributed by atoms with Crippen LogP contribution < -0.4 is 10.0 Å². The maximum Gasteiger partial charge on any atom is 0.241 e. The van der Waals surface area contributed by atoms with Gasteiger partial charge < -0.3 is 10.2 Å². The number of halogens is 2. The highest BCUT2D eigenvalue weighted by Crippen LogP contribution is 2.25. The van der Waals surface area contributed by atoms with E-state index in [-0.39, 0.29) is 33.3 Å². The van der Waals surface area contributed by atoms with E-state index < -0.39 is 22.5 Å². The first-order valence-electron chi connectivity index (χ1n) is 9.34. The molecule has 0 spiro atoms. The van der Waals surface area contributed by atoms with Crippen LogP contribution >= 0.6 is 23.2 Å². The summed E-state index contributed by atoms with van der Waals surface area (Å²) in [5, 5.41) is 3.19.